The molecule has 0 aliphatic rings. The zero-order valence-corrected chi connectivity index (χ0v) is 10.9. The molecule has 0 fully saturated rings. The lowest BCUT2D eigenvalue weighted by molar-refractivity contribution is -0.386. The molecular formula is C10H12N4O4S. The van der Waals surface area contributed by atoms with Crippen molar-refractivity contribution in [3.8, 4) is 6.07 Å². The number of para-hydroxylation sites is 1. The molecule has 0 atom stereocenters. The summed E-state index contributed by atoms with van der Waals surface area (Å²) in [7, 11) is -2.80. The van der Waals surface area contributed by atoms with Crippen molar-refractivity contribution in [2.24, 2.45) is 0 Å². The highest BCUT2D eigenvalue weighted by molar-refractivity contribution is 7.89. The highest BCUT2D eigenvalue weighted by Gasteiger charge is 2.31. The predicted molar refractivity (Wildman–Crippen MR) is 67.6 cm³/mol. The maximum Gasteiger partial charge on any atom is 0.312 e. The Bertz CT molecular complexity index is 635. The van der Waals surface area contributed by atoms with Crippen LogP contribution in [0, 0.1) is 21.4 Å². The van der Waals surface area contributed by atoms with Crippen molar-refractivity contribution in [3.05, 3.63) is 28.3 Å². The Morgan fingerprint density at radius 1 is 1.53 bits per heavy atom. The molecule has 19 heavy (non-hydrogen) atoms. The number of nitrogens with zero attached hydrogens (tertiary/aromatic N) is 3. The Labute approximate surface area is 110 Å². The third-order valence-electron chi connectivity index (χ3n) is 2.44. The number of nitrogens with two attached hydrogens (primary N) is 1. The zero-order valence-electron chi connectivity index (χ0n) is 10.1. The Kier molecular flexibility index (Phi) is 4.42. The quantitative estimate of drug-likeness (QED) is 0.481. The van der Waals surface area contributed by atoms with E-state index in [1.165, 1.54) is 19.2 Å². The summed E-state index contributed by atoms with van der Waals surface area (Å²) in [6.45, 7) is -0.0508. The number of nitrogen functional groups attached to an aromatic ring is 1. The molecule has 0 saturated carbocycles. The first-order valence-electron chi connectivity index (χ1n) is 5.18. The van der Waals surface area contributed by atoms with Crippen LogP contribution < -0.4 is 5.73 Å². The van der Waals surface area contributed by atoms with Crippen LogP contribution in [0.2, 0.25) is 0 Å². The monoisotopic (exact) mass is 284 g/mol. The highest BCUT2D eigenvalue weighted by atomic mass is 32.2. The van der Waals surface area contributed by atoms with E-state index in [1.54, 1.807) is 6.07 Å². The average Bonchev–Trinajstić information content (AvgIpc) is 2.34. The number of sulfonamides is 1. The van der Waals surface area contributed by atoms with Crippen LogP contribution in [-0.4, -0.2) is 31.2 Å². The molecule has 0 aliphatic heterocycles. The van der Waals surface area contributed by atoms with Crippen LogP contribution >= 0.6 is 0 Å². The number of nitro groups is 1. The summed E-state index contributed by atoms with van der Waals surface area (Å²) in [5.74, 6) is 0. The fourth-order valence-electron chi connectivity index (χ4n) is 1.44. The summed E-state index contributed by atoms with van der Waals surface area (Å²) < 4.78 is 25.2. The molecule has 8 nitrogen and oxygen atoms in total. The third-order valence-corrected chi connectivity index (χ3v) is 4.33. The smallest absolute Gasteiger partial charge is 0.312 e. The van der Waals surface area contributed by atoms with Gasteiger partial charge in [0.1, 0.15) is 5.69 Å². The topological polar surface area (TPSA) is 130 Å². The summed E-state index contributed by atoms with van der Waals surface area (Å²) in [4.78, 5) is 9.61. The van der Waals surface area contributed by atoms with Gasteiger partial charge in [0.15, 0.2) is 4.90 Å². The summed E-state index contributed by atoms with van der Waals surface area (Å²) in [6.07, 6.45) is -0.00809. The molecule has 102 valence electrons. The van der Waals surface area contributed by atoms with Gasteiger partial charge in [-0.25, -0.2) is 8.42 Å². The first-order valence-corrected chi connectivity index (χ1v) is 6.62. The second-order valence-corrected chi connectivity index (χ2v) is 5.70. The molecule has 0 aliphatic carbocycles. The van der Waals surface area contributed by atoms with Crippen molar-refractivity contribution in [1.29, 1.82) is 5.26 Å². The van der Waals surface area contributed by atoms with Gasteiger partial charge in [-0.1, -0.05) is 6.07 Å². The maximum atomic E-state index is 12.2. The second-order valence-electron chi connectivity index (χ2n) is 3.69. The molecule has 0 radical (unpaired) electrons. The molecule has 1 aromatic carbocycles. The lowest BCUT2D eigenvalue weighted by Crippen LogP contribution is -2.28. The molecule has 1 rings (SSSR count). The molecule has 0 heterocycles. The molecule has 0 bridgehead atoms. The minimum Gasteiger partial charge on any atom is -0.393 e. The fraction of sp³-hybridized carbons (Fsp3) is 0.300. The van der Waals surface area contributed by atoms with Gasteiger partial charge in [-0.3, -0.25) is 10.1 Å². The Morgan fingerprint density at radius 2 is 2.16 bits per heavy atom. The lowest BCUT2D eigenvalue weighted by atomic mass is 10.3. The van der Waals surface area contributed by atoms with Crippen molar-refractivity contribution in [3.63, 3.8) is 0 Å². The van der Waals surface area contributed by atoms with Crippen LogP contribution in [0.25, 0.3) is 0 Å². The van der Waals surface area contributed by atoms with Gasteiger partial charge in [-0.2, -0.15) is 9.57 Å². The first-order chi connectivity index (χ1) is 8.82. The Balaban J connectivity index is 3.34. The molecule has 2 N–H and O–H groups in total. The van der Waals surface area contributed by atoms with Gasteiger partial charge in [0.25, 0.3) is 0 Å². The van der Waals surface area contributed by atoms with Gasteiger partial charge in [0.2, 0.25) is 10.0 Å². The zero-order chi connectivity index (χ0) is 14.6. The molecule has 9 heteroatoms. The van der Waals surface area contributed by atoms with Crippen LogP contribution in [0.15, 0.2) is 23.1 Å². The van der Waals surface area contributed by atoms with Crippen LogP contribution in [-0.2, 0) is 10.0 Å². The van der Waals surface area contributed by atoms with Gasteiger partial charge in [-0.05, 0) is 12.1 Å². The van der Waals surface area contributed by atoms with E-state index in [-0.39, 0.29) is 18.7 Å². The Hall–Kier alpha value is -2.18. The number of anilines is 1. The molecule has 0 aromatic heterocycles. The standard InChI is InChI=1S/C10H12N4O4S/c1-13(7-3-6-11)19(17,18)9-5-2-4-8(12)10(9)14(15)16/h2,4-5H,3,7,12H2,1H3. The first kappa shape index (κ1) is 14.9. The third kappa shape index (κ3) is 2.98. The number of hydrogen-bond acceptors (Lipinski definition) is 6. The normalized spacial score (nSPS) is 11.2. The minimum absolute atomic E-state index is 0.00809. The number of hydrogen-bond donors (Lipinski definition) is 1. The van der Waals surface area contributed by atoms with Gasteiger partial charge < -0.3 is 5.73 Å². The van der Waals surface area contributed by atoms with E-state index >= 15 is 0 Å². The molecular weight excluding hydrogens is 272 g/mol. The average molecular weight is 284 g/mol. The van der Waals surface area contributed by atoms with E-state index in [4.69, 9.17) is 11.0 Å². The molecule has 0 amide bonds. The van der Waals surface area contributed by atoms with Gasteiger partial charge in [-0.15, -0.1) is 0 Å². The van der Waals surface area contributed by atoms with Gasteiger partial charge >= 0.3 is 5.69 Å². The van der Waals surface area contributed by atoms with Crippen LogP contribution in [0.4, 0.5) is 11.4 Å². The highest BCUT2D eigenvalue weighted by Crippen LogP contribution is 2.31. The van der Waals surface area contributed by atoms with Crippen molar-refractivity contribution in [2.75, 3.05) is 19.3 Å². The van der Waals surface area contributed by atoms with Crippen molar-refractivity contribution in [2.45, 2.75) is 11.3 Å². The van der Waals surface area contributed by atoms with E-state index in [1.807, 2.05) is 0 Å². The second kappa shape index (κ2) is 5.64. The van der Waals surface area contributed by atoms with Crippen molar-refractivity contribution >= 4 is 21.4 Å². The van der Waals surface area contributed by atoms with Crippen LogP contribution in [0.3, 0.4) is 0 Å². The molecule has 0 unspecified atom stereocenters. The van der Waals surface area contributed by atoms with Crippen molar-refractivity contribution < 1.29 is 13.3 Å². The number of nitro benzene ring substituents is 1. The van der Waals surface area contributed by atoms with Gasteiger partial charge in [0.05, 0.1) is 11.0 Å². The Morgan fingerprint density at radius 3 is 2.68 bits per heavy atom. The molecule has 0 spiro atoms. The minimum atomic E-state index is -4.05. The maximum absolute atomic E-state index is 12.2. The van der Waals surface area contributed by atoms with Crippen LogP contribution in [0.1, 0.15) is 6.42 Å². The number of rotatable bonds is 5. The number of nitriles is 1. The summed E-state index contributed by atoms with van der Waals surface area (Å²) in [6, 6.07) is 5.51. The largest absolute Gasteiger partial charge is 0.393 e. The lowest BCUT2D eigenvalue weighted by Gasteiger charge is -2.15. The van der Waals surface area contributed by atoms with E-state index in [0.29, 0.717) is 0 Å². The van der Waals surface area contributed by atoms with E-state index in [2.05, 4.69) is 0 Å². The van der Waals surface area contributed by atoms with Gasteiger partial charge in [0, 0.05) is 20.0 Å². The van der Waals surface area contributed by atoms with E-state index in [9.17, 15) is 18.5 Å². The summed E-state index contributed by atoms with van der Waals surface area (Å²) in [5.41, 5.74) is 4.57. The summed E-state index contributed by atoms with van der Waals surface area (Å²) >= 11 is 0. The van der Waals surface area contributed by atoms with Crippen molar-refractivity contribution in [1.82, 2.24) is 4.31 Å². The predicted octanol–water partition coefficient (Wildman–Crippen LogP) is 0.711. The van der Waals surface area contributed by atoms with E-state index in [0.717, 1.165) is 10.4 Å². The molecule has 1 aromatic rings. The fourth-order valence-corrected chi connectivity index (χ4v) is 2.79. The summed E-state index contributed by atoms with van der Waals surface area (Å²) in [5, 5.41) is 19.4. The van der Waals surface area contributed by atoms with Crippen LogP contribution in [0.5, 0.6) is 0 Å². The van der Waals surface area contributed by atoms with E-state index < -0.39 is 25.5 Å². The SMILES string of the molecule is CN(CCC#N)S(=O)(=O)c1cccc(N)c1[N+](=O)[O-]. The number of benzene rings is 1. The molecule has 0 saturated heterocycles.